The molecule has 0 spiro atoms. The summed E-state index contributed by atoms with van der Waals surface area (Å²) in [6.07, 6.45) is 3.93. The van der Waals surface area contributed by atoms with E-state index in [1.165, 1.54) is 46.4 Å². The van der Waals surface area contributed by atoms with E-state index in [0.29, 0.717) is 42.6 Å². The molecular weight excluding hydrogens is 1100 g/mol. The smallest absolute Gasteiger partial charge is 0.254 e. The number of rotatable bonds is 30. The van der Waals surface area contributed by atoms with E-state index in [9.17, 15) is 47.9 Å². The number of nitrogens with one attached hydrogen (secondary N) is 9. The van der Waals surface area contributed by atoms with Gasteiger partial charge in [-0.3, -0.25) is 47.9 Å². The topological polar surface area (TPSA) is 311 Å². The summed E-state index contributed by atoms with van der Waals surface area (Å²) in [5.74, 6) is -6.19. The van der Waals surface area contributed by atoms with Gasteiger partial charge in [0.05, 0.1) is 12.0 Å². The van der Waals surface area contributed by atoms with Gasteiger partial charge in [0.1, 0.15) is 52.3 Å². The zero-order valence-corrected chi connectivity index (χ0v) is 53.3. The Kier molecular flexibility index (Phi) is 24.0. The van der Waals surface area contributed by atoms with E-state index < -0.39 is 94.1 Å². The zero-order valence-electron chi connectivity index (χ0n) is 53.3. The predicted molar refractivity (Wildman–Crippen MR) is 327 cm³/mol. The fourth-order valence-electron chi connectivity index (χ4n) is 10.6. The molecule has 2 aromatic carbocycles. The van der Waals surface area contributed by atoms with Crippen LogP contribution in [0.25, 0.3) is 11.1 Å². The fourth-order valence-corrected chi connectivity index (χ4v) is 10.6. The van der Waals surface area contributed by atoms with Crippen LogP contribution in [0.2, 0.25) is 0 Å². The third kappa shape index (κ3) is 19.8. The Bertz CT molecular complexity index is 2880. The van der Waals surface area contributed by atoms with Crippen molar-refractivity contribution in [3.8, 4) is 0 Å². The number of carbonyl (C=O) groups excluding carboxylic acids is 10. The summed E-state index contributed by atoms with van der Waals surface area (Å²) in [4.78, 5) is 148. The number of hydrogen-bond acceptors (Lipinski definition) is 13. The number of carbonyl (C=O) groups is 10. The molecule has 1 saturated carbocycles. The van der Waals surface area contributed by atoms with Crippen LogP contribution < -0.4 is 47.9 Å². The lowest BCUT2D eigenvalue weighted by atomic mass is 9.76. The maximum atomic E-state index is 14.5. The first-order valence-electron chi connectivity index (χ1n) is 30.3. The summed E-state index contributed by atoms with van der Waals surface area (Å²) < 4.78 is 5.98. The lowest BCUT2D eigenvalue weighted by molar-refractivity contribution is -0.139. The second-order valence-electron chi connectivity index (χ2n) is 26.6. The van der Waals surface area contributed by atoms with Gasteiger partial charge in [0, 0.05) is 31.6 Å². The summed E-state index contributed by atoms with van der Waals surface area (Å²) in [7, 11) is 3.91. The third-order valence-corrected chi connectivity index (χ3v) is 15.4. The molecule has 23 heteroatoms. The minimum absolute atomic E-state index is 0.0404. The number of likely N-dealkylation sites (N-methyl/N-ethyl adjacent to an activating group) is 1. The SMILES string of the molecule is Cc1ccc(C(=O)N2CCC[C@H]2C(=O)N[C@@H](Cc2nc3ccccc3o2)C(=O)N[C@@H](CC(C)C)C(=O)NC(C)(C)C(=O)N[C@@H](CC(C)C)C(=O)N[C@@H](CC(C)C)C(=O)NC(C)(C)C(=O)NC(C)(C)C(=O)NCCC(=O)NC2(CN(C)C)CCC2)cc1. The van der Waals surface area contributed by atoms with Crippen molar-refractivity contribution in [1.82, 2.24) is 62.6 Å². The largest absolute Gasteiger partial charge is 0.441 e. The predicted octanol–water partition coefficient (Wildman–Crippen LogP) is 3.85. The molecule has 2 fully saturated rings. The maximum absolute atomic E-state index is 14.5. The van der Waals surface area contributed by atoms with E-state index in [1.807, 2.05) is 79.6 Å². The maximum Gasteiger partial charge on any atom is 0.254 e. The van der Waals surface area contributed by atoms with E-state index in [0.717, 1.165) is 24.8 Å². The third-order valence-electron chi connectivity index (χ3n) is 15.4. The highest BCUT2D eigenvalue weighted by Crippen LogP contribution is 2.32. The first-order chi connectivity index (χ1) is 40.1. The minimum Gasteiger partial charge on any atom is -0.441 e. The van der Waals surface area contributed by atoms with Gasteiger partial charge in [-0.15, -0.1) is 0 Å². The Morgan fingerprint density at radius 2 is 1.16 bits per heavy atom. The molecule has 5 rings (SSSR count). The van der Waals surface area contributed by atoms with Crippen LogP contribution in [0.15, 0.2) is 52.9 Å². The van der Waals surface area contributed by atoms with E-state index in [2.05, 4.69) is 52.8 Å². The van der Waals surface area contributed by atoms with Crippen molar-refractivity contribution in [2.75, 3.05) is 33.7 Å². The number of hydrogen-bond donors (Lipinski definition) is 9. The van der Waals surface area contributed by atoms with Crippen LogP contribution in [0.1, 0.15) is 163 Å². The molecule has 1 aliphatic carbocycles. The molecule has 0 unspecified atom stereocenters. The average molecular weight is 1200 g/mol. The monoisotopic (exact) mass is 1200 g/mol. The number of nitrogens with zero attached hydrogens (tertiary/aromatic N) is 3. The molecule has 1 saturated heterocycles. The first-order valence-corrected chi connectivity index (χ1v) is 30.3. The van der Waals surface area contributed by atoms with Gasteiger partial charge >= 0.3 is 0 Å². The van der Waals surface area contributed by atoms with Crippen molar-refractivity contribution in [3.63, 3.8) is 0 Å². The number of oxazole rings is 1. The Labute approximate surface area is 507 Å². The van der Waals surface area contributed by atoms with Crippen molar-refractivity contribution in [2.24, 2.45) is 17.8 Å². The number of fused-ring (bicyclic) bond motifs is 1. The highest BCUT2D eigenvalue weighted by atomic mass is 16.3. The zero-order chi connectivity index (χ0) is 64.1. The summed E-state index contributed by atoms with van der Waals surface area (Å²) in [5.41, 5.74) is -2.63. The molecule has 0 bridgehead atoms. The van der Waals surface area contributed by atoms with Crippen molar-refractivity contribution >= 4 is 70.2 Å². The highest BCUT2D eigenvalue weighted by Gasteiger charge is 2.43. The van der Waals surface area contributed by atoms with Gasteiger partial charge in [-0.2, -0.15) is 0 Å². The quantitative estimate of drug-likeness (QED) is 0.0459. The molecule has 1 aromatic heterocycles. The van der Waals surface area contributed by atoms with Gasteiger partial charge in [-0.25, -0.2) is 4.98 Å². The van der Waals surface area contributed by atoms with Gasteiger partial charge in [-0.1, -0.05) is 71.4 Å². The number of benzene rings is 2. The second-order valence-corrected chi connectivity index (χ2v) is 26.6. The van der Waals surface area contributed by atoms with Crippen LogP contribution in [0.5, 0.6) is 0 Å². The minimum atomic E-state index is -1.69. The molecule has 1 aliphatic heterocycles. The van der Waals surface area contributed by atoms with Crippen LogP contribution >= 0.6 is 0 Å². The number of likely N-dealkylation sites (tertiary alicyclic amines) is 1. The number of aryl methyl sites for hydroxylation is 1. The van der Waals surface area contributed by atoms with E-state index in [1.54, 1.807) is 36.4 Å². The van der Waals surface area contributed by atoms with Crippen LogP contribution in [0.3, 0.4) is 0 Å². The van der Waals surface area contributed by atoms with Crippen molar-refractivity contribution in [2.45, 2.75) is 207 Å². The molecule has 2 heterocycles. The van der Waals surface area contributed by atoms with Crippen LogP contribution in [0, 0.1) is 24.7 Å². The highest BCUT2D eigenvalue weighted by molar-refractivity contribution is 6.01. The second kappa shape index (κ2) is 29.8. The van der Waals surface area contributed by atoms with E-state index >= 15 is 0 Å². The summed E-state index contributed by atoms with van der Waals surface area (Å²) in [6, 6.07) is 8.25. The van der Waals surface area contributed by atoms with Crippen molar-refractivity contribution in [3.05, 3.63) is 65.5 Å². The van der Waals surface area contributed by atoms with E-state index in [-0.39, 0.29) is 79.6 Å². The average Bonchev–Trinajstić information content (AvgIpc) is 3.44. The summed E-state index contributed by atoms with van der Waals surface area (Å²) in [5, 5.41) is 25.3. The normalized spacial score (nSPS) is 16.5. The molecule has 5 atom stereocenters. The fraction of sp³-hybridized carbons (Fsp3) is 0.635. The lowest BCUT2D eigenvalue weighted by Crippen LogP contribution is -2.65. The van der Waals surface area contributed by atoms with E-state index in [4.69, 9.17) is 4.42 Å². The molecule has 474 valence electrons. The van der Waals surface area contributed by atoms with Crippen LogP contribution in [-0.4, -0.2) is 160 Å². The van der Waals surface area contributed by atoms with Crippen LogP contribution in [0.4, 0.5) is 0 Å². The molecule has 10 amide bonds. The number of para-hydroxylation sites is 2. The lowest BCUT2D eigenvalue weighted by Gasteiger charge is -2.44. The van der Waals surface area contributed by atoms with Crippen LogP contribution in [-0.2, 0) is 49.6 Å². The molecule has 0 radical (unpaired) electrons. The van der Waals surface area contributed by atoms with Gasteiger partial charge < -0.3 is 62.1 Å². The Morgan fingerprint density at radius 1 is 0.640 bits per heavy atom. The first kappa shape index (κ1) is 69.3. The molecule has 9 N–H and O–H groups in total. The number of aromatic nitrogens is 1. The standard InChI is InChI=1S/C63H96N12O11/c1-37(2)32-43(51(77)66-45(34-39(5)6)54(80)72-62(12,13)59(85)73-60(8,9)57(83)64-30-27-49(76)70-63(28-19-29-63)36-74(14)15)69-58(84)61(10,11)71-53(79)44(33-38(3)4)67-52(78)46(35-50-65-42-20-16-17-22-48(42)86-50)68-55(81)47-21-18-31-75(47)56(82)41-25-23-40(7)24-26-41/h16-17,20,22-26,37-39,43-47H,18-19,21,27-36H2,1-15H3,(H,64,83)(H,66,77)(H,67,78)(H,68,81)(H,69,84)(H,70,76)(H,71,79)(H,72,80)(H,73,85)/t43-,44-,45-,46-,47-/m0/s1. The van der Waals surface area contributed by atoms with Gasteiger partial charge in [0.15, 0.2) is 11.5 Å². The molecule has 86 heavy (non-hydrogen) atoms. The molecular formula is C63H96N12O11. The Balaban J connectivity index is 1.24. The summed E-state index contributed by atoms with van der Waals surface area (Å²) in [6.45, 7) is 22.9. The Morgan fingerprint density at radius 3 is 1.69 bits per heavy atom. The molecule has 23 nitrogen and oxygen atoms in total. The van der Waals surface area contributed by atoms with Gasteiger partial charge in [-0.05, 0) is 156 Å². The van der Waals surface area contributed by atoms with Crippen molar-refractivity contribution < 1.29 is 52.4 Å². The molecule has 2 aliphatic rings. The van der Waals surface area contributed by atoms with Crippen molar-refractivity contribution in [1.29, 1.82) is 0 Å². The Hall–Kier alpha value is -7.43. The number of amides is 10. The van der Waals surface area contributed by atoms with Gasteiger partial charge in [0.25, 0.3) is 5.91 Å². The molecule has 3 aromatic rings. The van der Waals surface area contributed by atoms with Gasteiger partial charge in [0.2, 0.25) is 53.2 Å². The summed E-state index contributed by atoms with van der Waals surface area (Å²) >= 11 is 0.